The van der Waals surface area contributed by atoms with Crippen molar-refractivity contribution in [2.24, 2.45) is 0 Å². The number of rotatable bonds is 7. The Hall–Kier alpha value is -2.86. The molecule has 1 aliphatic heterocycles. The average Bonchev–Trinajstić information content (AvgIpc) is 3.11. The van der Waals surface area contributed by atoms with Gasteiger partial charge in [0.2, 0.25) is 5.91 Å². The molecule has 3 rings (SSSR count). The maximum Gasteiger partial charge on any atom is 0.320 e. The molecular weight excluding hydrogens is 332 g/mol. The van der Waals surface area contributed by atoms with Crippen molar-refractivity contribution >= 4 is 17.6 Å². The molecule has 26 heavy (non-hydrogen) atoms. The highest BCUT2D eigenvalue weighted by atomic mass is 16.5. The summed E-state index contributed by atoms with van der Waals surface area (Å²) in [6.45, 7) is 1.16. The topological polar surface area (TPSA) is 78.9 Å². The van der Waals surface area contributed by atoms with Crippen molar-refractivity contribution in [3.05, 3.63) is 54.6 Å². The number of aliphatic carboxylic acids is 1. The minimum absolute atomic E-state index is 0.162. The highest BCUT2D eigenvalue weighted by molar-refractivity contribution is 5.92. The van der Waals surface area contributed by atoms with E-state index in [2.05, 4.69) is 5.32 Å². The number of ether oxygens (including phenoxy) is 1. The second-order valence-electron chi connectivity index (χ2n) is 6.24. The number of nitrogens with one attached hydrogen (secondary N) is 1. The Balaban J connectivity index is 1.58. The lowest BCUT2D eigenvalue weighted by atomic mass is 10.2. The Morgan fingerprint density at radius 2 is 1.85 bits per heavy atom. The number of carboxylic acid groups (broad SMARTS) is 1. The summed E-state index contributed by atoms with van der Waals surface area (Å²) in [7, 11) is 0. The minimum Gasteiger partial charge on any atom is -0.480 e. The molecule has 1 atom stereocenters. The van der Waals surface area contributed by atoms with Crippen molar-refractivity contribution in [2.75, 3.05) is 18.4 Å². The van der Waals surface area contributed by atoms with Gasteiger partial charge in [-0.25, -0.2) is 0 Å². The maximum atomic E-state index is 12.3. The summed E-state index contributed by atoms with van der Waals surface area (Å²) in [5.41, 5.74) is 0.595. The molecule has 2 aromatic rings. The minimum atomic E-state index is -0.815. The normalized spacial score (nSPS) is 17.0. The Kier molecular flexibility index (Phi) is 5.86. The number of carbonyl (C=O) groups excluding carboxylic acids is 1. The van der Waals surface area contributed by atoms with Gasteiger partial charge in [-0.3, -0.25) is 14.5 Å². The van der Waals surface area contributed by atoms with Gasteiger partial charge in [0, 0.05) is 13.0 Å². The fourth-order valence-corrected chi connectivity index (χ4v) is 3.11. The van der Waals surface area contributed by atoms with Crippen molar-refractivity contribution in [3.63, 3.8) is 0 Å². The molecule has 1 fully saturated rings. The molecule has 0 saturated carbocycles. The summed E-state index contributed by atoms with van der Waals surface area (Å²) < 4.78 is 5.83. The number of hydrogen-bond donors (Lipinski definition) is 2. The summed E-state index contributed by atoms with van der Waals surface area (Å²) in [6.07, 6.45) is 1.74. The number of benzene rings is 2. The quantitative estimate of drug-likeness (QED) is 0.797. The lowest BCUT2D eigenvalue weighted by molar-refractivity contribution is -0.142. The Labute approximate surface area is 152 Å². The fourth-order valence-electron chi connectivity index (χ4n) is 3.11. The third-order valence-corrected chi connectivity index (χ3v) is 4.41. The summed E-state index contributed by atoms with van der Waals surface area (Å²) in [4.78, 5) is 25.4. The van der Waals surface area contributed by atoms with Crippen molar-refractivity contribution < 1.29 is 19.4 Å². The molecule has 136 valence electrons. The molecule has 0 aromatic heterocycles. The number of hydrogen-bond acceptors (Lipinski definition) is 4. The van der Waals surface area contributed by atoms with Crippen LogP contribution in [0.3, 0.4) is 0 Å². The number of anilines is 1. The number of carboxylic acids is 1. The molecule has 2 aromatic carbocycles. The van der Waals surface area contributed by atoms with Crippen LogP contribution in [0.1, 0.15) is 19.3 Å². The van der Waals surface area contributed by atoms with E-state index < -0.39 is 12.0 Å². The molecule has 1 heterocycles. The Morgan fingerprint density at radius 3 is 2.62 bits per heavy atom. The molecule has 6 nitrogen and oxygen atoms in total. The molecule has 1 aliphatic rings. The van der Waals surface area contributed by atoms with Crippen LogP contribution in [-0.4, -0.2) is 41.0 Å². The molecule has 0 aliphatic carbocycles. The van der Waals surface area contributed by atoms with E-state index in [0.29, 0.717) is 30.2 Å². The summed E-state index contributed by atoms with van der Waals surface area (Å²) in [5, 5.41) is 12.1. The zero-order chi connectivity index (χ0) is 18.4. The van der Waals surface area contributed by atoms with E-state index in [1.54, 1.807) is 12.1 Å². The second kappa shape index (κ2) is 8.49. The SMILES string of the molecule is O=C(CCN1CCC[C@@H]1C(=O)O)Nc1ccccc1Oc1ccccc1. The second-order valence-corrected chi connectivity index (χ2v) is 6.24. The van der Waals surface area contributed by atoms with E-state index in [-0.39, 0.29) is 12.3 Å². The van der Waals surface area contributed by atoms with E-state index >= 15 is 0 Å². The Bertz CT molecular complexity index is 763. The maximum absolute atomic E-state index is 12.3. The molecule has 0 unspecified atom stereocenters. The highest BCUT2D eigenvalue weighted by Gasteiger charge is 2.30. The monoisotopic (exact) mass is 354 g/mol. The van der Waals surface area contributed by atoms with Crippen LogP contribution in [0.5, 0.6) is 11.5 Å². The van der Waals surface area contributed by atoms with Crippen LogP contribution in [0, 0.1) is 0 Å². The third-order valence-electron chi connectivity index (χ3n) is 4.41. The lowest BCUT2D eigenvalue weighted by Crippen LogP contribution is -2.37. The summed E-state index contributed by atoms with van der Waals surface area (Å²) in [5.74, 6) is 0.280. The van der Waals surface area contributed by atoms with Gasteiger partial charge in [-0.15, -0.1) is 0 Å². The van der Waals surface area contributed by atoms with Gasteiger partial charge in [0.25, 0.3) is 0 Å². The number of carbonyl (C=O) groups is 2. The van der Waals surface area contributed by atoms with Crippen molar-refractivity contribution in [1.29, 1.82) is 0 Å². The van der Waals surface area contributed by atoms with Crippen LogP contribution in [0.2, 0.25) is 0 Å². The molecule has 2 N–H and O–H groups in total. The van der Waals surface area contributed by atoms with Crippen LogP contribution in [0.15, 0.2) is 54.6 Å². The van der Waals surface area contributed by atoms with Crippen molar-refractivity contribution in [1.82, 2.24) is 4.90 Å². The zero-order valence-corrected chi connectivity index (χ0v) is 14.4. The molecule has 0 bridgehead atoms. The fraction of sp³-hybridized carbons (Fsp3) is 0.300. The van der Waals surface area contributed by atoms with Gasteiger partial charge in [0.1, 0.15) is 11.8 Å². The molecule has 0 radical (unpaired) electrons. The molecular formula is C20H22N2O4. The van der Waals surface area contributed by atoms with E-state index in [9.17, 15) is 14.7 Å². The van der Waals surface area contributed by atoms with E-state index in [1.165, 1.54) is 0 Å². The van der Waals surface area contributed by atoms with Gasteiger partial charge in [-0.05, 0) is 43.7 Å². The van der Waals surface area contributed by atoms with Crippen molar-refractivity contribution in [3.8, 4) is 11.5 Å². The summed E-state index contributed by atoms with van der Waals surface area (Å²) in [6, 6.07) is 16.1. The van der Waals surface area contributed by atoms with Crippen LogP contribution >= 0.6 is 0 Å². The first-order valence-corrected chi connectivity index (χ1v) is 8.72. The number of nitrogens with zero attached hydrogens (tertiary/aromatic N) is 1. The number of amides is 1. The first kappa shape index (κ1) is 17.9. The molecule has 0 spiro atoms. The van der Waals surface area contributed by atoms with Gasteiger partial charge in [0.05, 0.1) is 5.69 Å². The van der Waals surface area contributed by atoms with Gasteiger partial charge in [-0.1, -0.05) is 30.3 Å². The van der Waals surface area contributed by atoms with Crippen molar-refractivity contribution in [2.45, 2.75) is 25.3 Å². The van der Waals surface area contributed by atoms with Gasteiger partial charge in [0.15, 0.2) is 5.75 Å². The molecule has 1 saturated heterocycles. The van der Waals surface area contributed by atoms with Gasteiger partial charge < -0.3 is 15.2 Å². The third kappa shape index (κ3) is 4.61. The molecule has 1 amide bonds. The first-order chi connectivity index (χ1) is 12.6. The van der Waals surface area contributed by atoms with E-state index in [4.69, 9.17) is 4.74 Å². The molecule has 6 heteroatoms. The Morgan fingerprint density at radius 1 is 1.12 bits per heavy atom. The smallest absolute Gasteiger partial charge is 0.320 e. The average molecular weight is 354 g/mol. The van der Waals surface area contributed by atoms with Gasteiger partial charge >= 0.3 is 5.97 Å². The van der Waals surface area contributed by atoms with Crippen LogP contribution in [0.4, 0.5) is 5.69 Å². The standard InChI is InChI=1S/C20H22N2O4/c23-19(12-14-22-13-6-10-17(22)20(24)25)21-16-9-4-5-11-18(16)26-15-7-2-1-3-8-15/h1-5,7-9,11,17H,6,10,12-14H2,(H,21,23)(H,24,25)/t17-/m1/s1. The largest absolute Gasteiger partial charge is 0.480 e. The lowest BCUT2D eigenvalue weighted by Gasteiger charge is -2.20. The van der Waals surface area contributed by atoms with Gasteiger partial charge in [-0.2, -0.15) is 0 Å². The first-order valence-electron chi connectivity index (χ1n) is 8.72. The van der Waals surface area contributed by atoms with Crippen LogP contribution in [-0.2, 0) is 9.59 Å². The van der Waals surface area contributed by atoms with E-state index in [1.807, 2.05) is 47.4 Å². The predicted molar refractivity (Wildman–Crippen MR) is 98.4 cm³/mol. The van der Waals surface area contributed by atoms with Crippen LogP contribution < -0.4 is 10.1 Å². The summed E-state index contributed by atoms with van der Waals surface area (Å²) >= 11 is 0. The highest BCUT2D eigenvalue weighted by Crippen LogP contribution is 2.29. The number of para-hydroxylation sites is 3. The van der Waals surface area contributed by atoms with E-state index in [0.717, 1.165) is 13.0 Å². The zero-order valence-electron chi connectivity index (χ0n) is 14.4. The predicted octanol–water partition coefficient (Wildman–Crippen LogP) is 3.36. The van der Waals surface area contributed by atoms with Crippen LogP contribution in [0.25, 0.3) is 0 Å². The number of likely N-dealkylation sites (tertiary alicyclic amines) is 1.